The van der Waals surface area contributed by atoms with Gasteiger partial charge in [-0.3, -0.25) is 0 Å². The zero-order valence-electron chi connectivity index (χ0n) is 19.9. The summed E-state index contributed by atoms with van der Waals surface area (Å²) in [6.45, 7) is 15.4. The maximum Gasteiger partial charge on any atom is 0.191 e. The van der Waals surface area contributed by atoms with Crippen molar-refractivity contribution in [3.05, 3.63) is 34.3 Å². The third-order valence-corrected chi connectivity index (χ3v) is 11.4. The Morgan fingerprint density at radius 3 is 2.45 bits per heavy atom. The monoisotopic (exact) mass is 472 g/mol. The van der Waals surface area contributed by atoms with Crippen molar-refractivity contribution in [3.63, 3.8) is 0 Å². The molecule has 0 bridgehead atoms. The zero-order valence-corrected chi connectivity index (χ0v) is 21.7. The zero-order chi connectivity index (χ0) is 23.2. The van der Waals surface area contributed by atoms with E-state index in [4.69, 9.17) is 35.0 Å². The van der Waals surface area contributed by atoms with E-state index < -0.39 is 44.8 Å². The van der Waals surface area contributed by atoms with E-state index in [2.05, 4.69) is 33.9 Å². The lowest BCUT2D eigenvalue weighted by atomic mass is 9.94. The average Bonchev–Trinajstić information content (AvgIpc) is 3.13. The molecule has 1 aromatic carbocycles. The number of ether oxygens (including phenoxy) is 4. The maximum atomic E-state index is 11.3. The van der Waals surface area contributed by atoms with Crippen LogP contribution in [-0.4, -0.2) is 57.5 Å². The molecule has 0 amide bonds. The topological polar surface area (TPSA) is 66.4 Å². The molecule has 2 saturated heterocycles. The molecule has 1 aromatic rings. The van der Waals surface area contributed by atoms with E-state index in [9.17, 15) is 5.11 Å². The van der Waals surface area contributed by atoms with Gasteiger partial charge in [0, 0.05) is 18.7 Å². The van der Waals surface area contributed by atoms with Crippen LogP contribution in [0.25, 0.3) is 0 Å². The van der Waals surface area contributed by atoms with Gasteiger partial charge < -0.3 is 28.5 Å². The minimum absolute atomic E-state index is 0.137. The maximum absolute atomic E-state index is 11.3. The summed E-state index contributed by atoms with van der Waals surface area (Å²) < 4.78 is 29.8. The van der Waals surface area contributed by atoms with Crippen molar-refractivity contribution in [1.82, 2.24) is 0 Å². The second-order valence-corrected chi connectivity index (χ2v) is 15.7. The molecular weight excluding hydrogens is 436 g/mol. The van der Waals surface area contributed by atoms with Crippen molar-refractivity contribution in [2.24, 2.45) is 0 Å². The van der Waals surface area contributed by atoms with E-state index in [0.717, 1.165) is 11.1 Å². The van der Waals surface area contributed by atoms with Crippen LogP contribution in [0.15, 0.2) is 18.2 Å². The summed E-state index contributed by atoms with van der Waals surface area (Å²) in [5, 5.41) is 12.1. The Bertz CT molecular complexity index is 778. The van der Waals surface area contributed by atoms with Crippen LogP contribution in [0.3, 0.4) is 0 Å². The van der Waals surface area contributed by atoms with E-state index in [1.165, 1.54) is 0 Å². The van der Waals surface area contributed by atoms with Gasteiger partial charge in [-0.2, -0.15) is 0 Å². The molecule has 6 nitrogen and oxygen atoms in total. The minimum Gasteiger partial charge on any atom is -0.416 e. The molecule has 2 aliphatic heterocycles. The van der Waals surface area contributed by atoms with Crippen LogP contribution in [0.1, 0.15) is 51.8 Å². The van der Waals surface area contributed by atoms with Crippen LogP contribution in [0.2, 0.25) is 23.2 Å². The average molecular weight is 473 g/mol. The number of hydrogen-bond donors (Lipinski definition) is 1. The lowest BCUT2D eigenvalue weighted by Gasteiger charge is -2.36. The highest BCUT2D eigenvalue weighted by Gasteiger charge is 2.57. The van der Waals surface area contributed by atoms with Crippen molar-refractivity contribution in [1.29, 1.82) is 0 Å². The van der Waals surface area contributed by atoms with Crippen LogP contribution in [0.4, 0.5) is 0 Å². The van der Waals surface area contributed by atoms with Gasteiger partial charge in [0.1, 0.15) is 24.4 Å². The van der Waals surface area contributed by atoms with E-state index in [1.807, 2.05) is 26.0 Å². The first-order valence-electron chi connectivity index (χ1n) is 10.9. The summed E-state index contributed by atoms with van der Waals surface area (Å²) in [7, 11) is -0.297. The highest BCUT2D eigenvalue weighted by Crippen LogP contribution is 2.43. The molecule has 0 saturated carbocycles. The van der Waals surface area contributed by atoms with Gasteiger partial charge in [0.25, 0.3) is 0 Å². The third-order valence-electron chi connectivity index (χ3n) is 6.65. The molecule has 1 N–H and O–H groups in total. The van der Waals surface area contributed by atoms with Crippen molar-refractivity contribution in [3.8, 4) is 0 Å². The Balaban J connectivity index is 1.78. The Hall–Kier alpha value is -0.513. The van der Waals surface area contributed by atoms with Crippen LogP contribution < -0.4 is 0 Å². The fraction of sp³-hybridized carbons (Fsp3) is 0.739. The van der Waals surface area contributed by atoms with Crippen molar-refractivity contribution in [2.75, 3.05) is 13.7 Å². The summed E-state index contributed by atoms with van der Waals surface area (Å²) in [6, 6.07) is 5.54. The van der Waals surface area contributed by atoms with E-state index in [0.29, 0.717) is 18.1 Å². The van der Waals surface area contributed by atoms with Gasteiger partial charge in [-0.05, 0) is 61.7 Å². The number of hydrogen-bond acceptors (Lipinski definition) is 6. The van der Waals surface area contributed by atoms with Crippen molar-refractivity contribution in [2.45, 2.75) is 95.7 Å². The number of benzene rings is 1. The molecule has 5 atom stereocenters. The number of halogens is 1. The fourth-order valence-electron chi connectivity index (χ4n) is 3.92. The number of rotatable bonds is 7. The number of aliphatic hydroxyl groups is 1. The van der Waals surface area contributed by atoms with Gasteiger partial charge in [-0.25, -0.2) is 0 Å². The summed E-state index contributed by atoms with van der Waals surface area (Å²) >= 11 is 6.29. The summed E-state index contributed by atoms with van der Waals surface area (Å²) in [5.74, 6) is -0.756. The van der Waals surface area contributed by atoms with Gasteiger partial charge in [0.2, 0.25) is 0 Å². The van der Waals surface area contributed by atoms with E-state index >= 15 is 0 Å². The van der Waals surface area contributed by atoms with Crippen LogP contribution >= 0.6 is 11.6 Å². The van der Waals surface area contributed by atoms with Gasteiger partial charge in [-0.15, -0.1) is 0 Å². The molecule has 2 heterocycles. The van der Waals surface area contributed by atoms with Crippen LogP contribution in [0, 0.1) is 0 Å². The molecule has 8 heteroatoms. The second-order valence-electron chi connectivity index (χ2n) is 10.4. The standard InChI is InChI=1S/C23H37ClO6Si/c1-22(2,3)31(7,8)27-12-11-14-13-15(24)9-10-16(14)17(25)18-19-20(21(26-6)28-18)30-23(4,5)29-19/h9-10,13,17-21,25H,11-12H2,1-8H3/t17?,18-,19-,20-,21-/m1/s1. The first-order valence-corrected chi connectivity index (χ1v) is 14.2. The van der Waals surface area contributed by atoms with E-state index in [-0.39, 0.29) is 5.04 Å². The number of aliphatic hydroxyl groups excluding tert-OH is 1. The first-order chi connectivity index (χ1) is 14.3. The Labute approximate surface area is 192 Å². The molecule has 0 spiro atoms. The summed E-state index contributed by atoms with van der Waals surface area (Å²) in [5.41, 5.74) is 1.70. The molecule has 0 aliphatic carbocycles. The molecule has 2 fully saturated rings. The molecule has 0 radical (unpaired) electrons. The highest BCUT2D eigenvalue weighted by molar-refractivity contribution is 6.74. The summed E-state index contributed by atoms with van der Waals surface area (Å²) in [6.07, 6.45) is -2.29. The second kappa shape index (κ2) is 9.03. The Kier molecular flexibility index (Phi) is 7.31. The lowest BCUT2D eigenvalue weighted by molar-refractivity contribution is -0.237. The Morgan fingerprint density at radius 2 is 1.84 bits per heavy atom. The molecule has 2 aliphatic rings. The summed E-state index contributed by atoms with van der Waals surface area (Å²) in [4.78, 5) is 0. The third kappa shape index (κ3) is 5.36. The molecule has 3 rings (SSSR count). The predicted molar refractivity (Wildman–Crippen MR) is 123 cm³/mol. The molecule has 176 valence electrons. The fourth-order valence-corrected chi connectivity index (χ4v) is 5.16. The normalized spacial score (nSPS) is 29.2. The predicted octanol–water partition coefficient (Wildman–Crippen LogP) is 4.83. The SMILES string of the molecule is CO[C@@H]1O[C@H](C(O)c2ccc(Cl)cc2CCO[Si](C)(C)C(C)(C)C)[C@H]2OC(C)(C)O[C@@H]12. The first kappa shape index (κ1) is 25.1. The largest absolute Gasteiger partial charge is 0.416 e. The minimum atomic E-state index is -1.86. The van der Waals surface area contributed by atoms with Gasteiger partial charge in [0.15, 0.2) is 20.4 Å². The van der Waals surface area contributed by atoms with Gasteiger partial charge >= 0.3 is 0 Å². The van der Waals surface area contributed by atoms with Gasteiger partial charge in [0.05, 0.1) is 0 Å². The lowest BCUT2D eigenvalue weighted by Crippen LogP contribution is -2.41. The molecule has 31 heavy (non-hydrogen) atoms. The van der Waals surface area contributed by atoms with Crippen molar-refractivity contribution >= 4 is 19.9 Å². The smallest absolute Gasteiger partial charge is 0.191 e. The van der Waals surface area contributed by atoms with Crippen molar-refractivity contribution < 1.29 is 28.5 Å². The highest BCUT2D eigenvalue weighted by atomic mass is 35.5. The number of fused-ring (bicyclic) bond motifs is 1. The molecule has 1 unspecified atom stereocenters. The number of methoxy groups -OCH3 is 1. The molecule has 0 aromatic heterocycles. The van der Waals surface area contributed by atoms with E-state index in [1.54, 1.807) is 13.2 Å². The quantitative estimate of drug-likeness (QED) is 0.573. The van der Waals surface area contributed by atoms with Crippen LogP contribution in [-0.2, 0) is 29.8 Å². The van der Waals surface area contributed by atoms with Gasteiger partial charge in [-0.1, -0.05) is 38.4 Å². The molecular formula is C23H37ClO6Si. The Morgan fingerprint density at radius 1 is 1.19 bits per heavy atom. The van der Waals surface area contributed by atoms with Crippen LogP contribution in [0.5, 0.6) is 0 Å².